The van der Waals surface area contributed by atoms with Crippen molar-refractivity contribution >= 4 is 46.6 Å². The molecule has 33 heavy (non-hydrogen) atoms. The van der Waals surface area contributed by atoms with Gasteiger partial charge in [-0.2, -0.15) is 0 Å². The number of ether oxygens (including phenoxy) is 1. The van der Waals surface area contributed by atoms with Crippen molar-refractivity contribution in [2.45, 2.75) is 25.4 Å². The van der Waals surface area contributed by atoms with Crippen LogP contribution in [0.1, 0.15) is 34.6 Å². The van der Waals surface area contributed by atoms with Gasteiger partial charge in [0, 0.05) is 16.8 Å². The lowest BCUT2D eigenvalue weighted by Gasteiger charge is -2.24. The van der Waals surface area contributed by atoms with Gasteiger partial charge in [0.25, 0.3) is 0 Å². The van der Waals surface area contributed by atoms with Crippen molar-refractivity contribution in [2.75, 3.05) is 16.8 Å². The number of aromatic carboxylic acids is 1. The number of carbonyl (C=O) groups is 2. The lowest BCUT2D eigenvalue weighted by molar-refractivity contribution is 0.0691. The molecule has 1 aliphatic heterocycles. The molecule has 170 valence electrons. The number of carboxylic acid groups (broad SMARTS) is 1. The van der Waals surface area contributed by atoms with E-state index in [-0.39, 0.29) is 29.5 Å². The maximum Gasteiger partial charge on any atom is 0.414 e. The van der Waals surface area contributed by atoms with E-state index in [4.69, 9.17) is 27.9 Å². The largest absolute Gasteiger partial charge is 0.476 e. The monoisotopic (exact) mass is 485 g/mol. The van der Waals surface area contributed by atoms with Gasteiger partial charge < -0.3 is 15.2 Å². The number of nitrogens with one attached hydrogen (secondary N) is 1. The first-order chi connectivity index (χ1) is 15.8. The lowest BCUT2D eigenvalue weighted by Crippen LogP contribution is -2.35. The molecule has 4 rings (SSSR count). The summed E-state index contributed by atoms with van der Waals surface area (Å²) >= 11 is 12.2. The smallest absolute Gasteiger partial charge is 0.414 e. The maximum absolute atomic E-state index is 12.6. The molecular weight excluding hydrogens is 465 g/mol. The standard InChI is InChI=1S/C24H21Cl2N3O4/c1-14(27-20-7-8-21(26)28-22(20)23(30)31)16-10-17(25)12-18(11-16)29-19(13-33-24(29)32)9-15-5-3-2-4-6-15/h2-8,10-12,14,19,27H,9,13H2,1H3,(H,30,31)/t14?,19-/m0/s1. The van der Waals surface area contributed by atoms with E-state index in [1.165, 1.54) is 6.07 Å². The molecule has 1 amide bonds. The van der Waals surface area contributed by atoms with Gasteiger partial charge in [-0.15, -0.1) is 0 Å². The normalized spacial score (nSPS) is 16.4. The van der Waals surface area contributed by atoms with Crippen molar-refractivity contribution in [3.63, 3.8) is 0 Å². The van der Waals surface area contributed by atoms with Gasteiger partial charge in [-0.3, -0.25) is 4.90 Å². The highest BCUT2D eigenvalue weighted by Crippen LogP contribution is 2.32. The second kappa shape index (κ2) is 9.68. The van der Waals surface area contributed by atoms with Gasteiger partial charge >= 0.3 is 12.1 Å². The summed E-state index contributed by atoms with van der Waals surface area (Å²) in [6.45, 7) is 2.14. The SMILES string of the molecule is CC(Nc1ccc(Cl)nc1C(=O)O)c1cc(Cl)cc(N2C(=O)OC[C@@H]2Cc2ccccc2)c1. The number of carbonyl (C=O) groups excluding carboxylic acids is 1. The molecule has 0 aliphatic carbocycles. The van der Waals surface area contributed by atoms with Crippen LogP contribution in [0.4, 0.5) is 16.2 Å². The van der Waals surface area contributed by atoms with Gasteiger partial charge in [0.2, 0.25) is 0 Å². The second-order valence-electron chi connectivity index (χ2n) is 7.73. The number of pyridine rings is 1. The average Bonchev–Trinajstić information content (AvgIpc) is 3.14. The Morgan fingerprint density at radius 3 is 2.70 bits per heavy atom. The van der Waals surface area contributed by atoms with Crippen molar-refractivity contribution < 1.29 is 19.4 Å². The fourth-order valence-corrected chi connectivity index (χ4v) is 4.22. The molecule has 1 saturated heterocycles. The first-order valence-electron chi connectivity index (χ1n) is 10.3. The Morgan fingerprint density at radius 1 is 1.21 bits per heavy atom. The molecule has 2 atom stereocenters. The molecule has 7 nitrogen and oxygen atoms in total. The van der Waals surface area contributed by atoms with E-state index in [9.17, 15) is 14.7 Å². The number of aromatic nitrogens is 1. The summed E-state index contributed by atoms with van der Waals surface area (Å²) in [6.07, 6.45) is 0.209. The Morgan fingerprint density at radius 2 is 1.97 bits per heavy atom. The van der Waals surface area contributed by atoms with Gasteiger partial charge in [0.15, 0.2) is 5.69 Å². The van der Waals surface area contributed by atoms with Crippen LogP contribution in [0.15, 0.2) is 60.7 Å². The second-order valence-corrected chi connectivity index (χ2v) is 8.56. The van der Waals surface area contributed by atoms with Crippen molar-refractivity contribution in [1.82, 2.24) is 4.98 Å². The Balaban J connectivity index is 1.61. The number of nitrogens with zero attached hydrogens (tertiary/aromatic N) is 2. The minimum atomic E-state index is -1.19. The molecule has 0 bridgehead atoms. The summed E-state index contributed by atoms with van der Waals surface area (Å²) in [4.78, 5) is 29.6. The molecular formula is C24H21Cl2N3O4. The molecule has 0 radical (unpaired) electrons. The molecule has 0 spiro atoms. The van der Waals surface area contributed by atoms with E-state index in [2.05, 4.69) is 10.3 Å². The number of amides is 1. The Hall–Kier alpha value is -3.29. The first kappa shape index (κ1) is 22.9. The number of hydrogen-bond donors (Lipinski definition) is 2. The molecule has 1 aliphatic rings. The van der Waals surface area contributed by atoms with Gasteiger partial charge in [0.05, 0.1) is 11.7 Å². The lowest BCUT2D eigenvalue weighted by atomic mass is 10.0. The minimum Gasteiger partial charge on any atom is -0.476 e. The van der Waals surface area contributed by atoms with Gasteiger partial charge in [-0.05, 0) is 54.8 Å². The Labute approximate surface area is 200 Å². The van der Waals surface area contributed by atoms with Crippen LogP contribution < -0.4 is 10.2 Å². The van der Waals surface area contributed by atoms with E-state index in [1.54, 1.807) is 23.1 Å². The highest BCUT2D eigenvalue weighted by atomic mass is 35.5. The third-order valence-electron chi connectivity index (χ3n) is 5.39. The van der Waals surface area contributed by atoms with E-state index >= 15 is 0 Å². The van der Waals surface area contributed by atoms with Crippen LogP contribution in [0.2, 0.25) is 10.2 Å². The van der Waals surface area contributed by atoms with Crippen molar-refractivity contribution in [2.24, 2.45) is 0 Å². The van der Waals surface area contributed by atoms with Crippen LogP contribution in [0.5, 0.6) is 0 Å². The molecule has 0 saturated carbocycles. The average molecular weight is 486 g/mol. The van der Waals surface area contributed by atoms with Crippen molar-refractivity contribution in [3.8, 4) is 0 Å². The fraction of sp³-hybridized carbons (Fsp3) is 0.208. The summed E-state index contributed by atoms with van der Waals surface area (Å²) < 4.78 is 5.34. The zero-order valence-electron chi connectivity index (χ0n) is 17.7. The number of halogens is 2. The predicted octanol–water partition coefficient (Wildman–Crippen LogP) is 5.83. The maximum atomic E-state index is 12.6. The van der Waals surface area contributed by atoms with Gasteiger partial charge in [0.1, 0.15) is 11.8 Å². The van der Waals surface area contributed by atoms with Crippen LogP contribution in [-0.4, -0.2) is 34.8 Å². The summed E-state index contributed by atoms with van der Waals surface area (Å²) in [5.41, 5.74) is 2.62. The number of benzene rings is 2. The van der Waals surface area contributed by atoms with E-state index in [0.717, 1.165) is 11.1 Å². The zero-order valence-corrected chi connectivity index (χ0v) is 19.2. The zero-order chi connectivity index (χ0) is 23.5. The molecule has 9 heteroatoms. The van der Waals surface area contributed by atoms with Gasteiger partial charge in [-0.1, -0.05) is 53.5 Å². The van der Waals surface area contributed by atoms with Crippen molar-refractivity contribution in [3.05, 3.63) is 87.7 Å². The van der Waals surface area contributed by atoms with E-state index < -0.39 is 12.1 Å². The molecule has 1 fully saturated rings. The van der Waals surface area contributed by atoms with Crippen LogP contribution >= 0.6 is 23.2 Å². The molecule has 1 aromatic heterocycles. The molecule has 1 unspecified atom stereocenters. The molecule has 2 heterocycles. The number of anilines is 2. The van der Waals surface area contributed by atoms with Crippen molar-refractivity contribution in [1.29, 1.82) is 0 Å². The number of hydrogen-bond acceptors (Lipinski definition) is 5. The Bertz CT molecular complexity index is 1190. The topological polar surface area (TPSA) is 91.8 Å². The predicted molar refractivity (Wildman–Crippen MR) is 127 cm³/mol. The van der Waals surface area contributed by atoms with E-state index in [0.29, 0.717) is 22.8 Å². The molecule has 3 aromatic rings. The first-order valence-corrected chi connectivity index (χ1v) is 11.0. The van der Waals surface area contributed by atoms with Crippen LogP contribution in [0.25, 0.3) is 0 Å². The number of cyclic esters (lactones) is 1. The van der Waals surface area contributed by atoms with Gasteiger partial charge in [-0.25, -0.2) is 14.6 Å². The minimum absolute atomic E-state index is 0.0904. The summed E-state index contributed by atoms with van der Waals surface area (Å²) in [5, 5.41) is 13.1. The van der Waals surface area contributed by atoms with Crippen LogP contribution in [-0.2, 0) is 11.2 Å². The quantitative estimate of drug-likeness (QED) is 0.409. The van der Waals surface area contributed by atoms with E-state index in [1.807, 2.05) is 43.3 Å². The number of rotatable bonds is 7. The van der Waals surface area contributed by atoms with Crippen LogP contribution in [0, 0.1) is 0 Å². The molecule has 2 N–H and O–H groups in total. The summed E-state index contributed by atoms with van der Waals surface area (Å²) in [5.74, 6) is -1.19. The third-order valence-corrected chi connectivity index (χ3v) is 5.82. The summed E-state index contributed by atoms with van der Waals surface area (Å²) in [6, 6.07) is 17.8. The molecule has 2 aromatic carbocycles. The number of carboxylic acids is 1. The summed E-state index contributed by atoms with van der Waals surface area (Å²) in [7, 11) is 0. The highest BCUT2D eigenvalue weighted by Gasteiger charge is 2.34. The van der Waals surface area contributed by atoms with Crippen LogP contribution in [0.3, 0.4) is 0 Å². The highest BCUT2D eigenvalue weighted by molar-refractivity contribution is 6.31. The fourth-order valence-electron chi connectivity index (χ4n) is 3.83. The Kier molecular flexibility index (Phi) is 6.72. The third kappa shape index (κ3) is 5.21.